The summed E-state index contributed by atoms with van der Waals surface area (Å²) in [5, 5.41) is 15.8. The number of amides is 2. The Labute approximate surface area is 217 Å². The fourth-order valence-corrected chi connectivity index (χ4v) is 6.28. The van der Waals surface area contributed by atoms with Crippen molar-refractivity contribution >= 4 is 44.8 Å². The molecule has 0 aromatic carbocycles. The predicted molar refractivity (Wildman–Crippen MR) is 138 cm³/mol. The Balaban J connectivity index is 1.24. The lowest BCUT2D eigenvalue weighted by Gasteiger charge is -2.34. The average molecular weight is 564 g/mol. The molecule has 0 saturated heterocycles. The van der Waals surface area contributed by atoms with Crippen LogP contribution in [0.15, 0.2) is 28.9 Å². The summed E-state index contributed by atoms with van der Waals surface area (Å²) in [6.45, 7) is 1.95. The van der Waals surface area contributed by atoms with Crippen LogP contribution >= 0.6 is 27.3 Å². The average Bonchev–Trinajstić information content (AvgIpc) is 3.54. The Bertz CT molecular complexity index is 1070. The van der Waals surface area contributed by atoms with Crippen LogP contribution in [0.2, 0.25) is 0 Å². The maximum atomic E-state index is 13.1. The first kappa shape index (κ1) is 24.5. The second-order valence-electron chi connectivity index (χ2n) is 9.69. The maximum Gasteiger partial charge on any atom is 0.262 e. The Morgan fingerprint density at radius 3 is 2.83 bits per heavy atom. The van der Waals surface area contributed by atoms with Crippen LogP contribution in [-0.2, 0) is 11.3 Å². The first-order valence-corrected chi connectivity index (χ1v) is 14.0. The minimum absolute atomic E-state index is 0.186. The standard InChI is InChI=1S/C25H31BrN4O4S/c26-16-12-20-25(27-13-16)34-10-9-30(20)14-17-5-8-22(35-17)24(33)29-19(11-15-3-1-2-4-15)23(32)28-18-6-7-21(18)31/h5,8,12-13,15,18-19,21,31H,1-4,6-7,9-11,14H2,(H,28,32)(H,29,33)/t18-,19-,21+/m0/s1. The Kier molecular flexibility index (Phi) is 7.59. The number of carbonyl (C=O) groups is 2. The number of aromatic nitrogens is 1. The molecule has 2 amide bonds. The van der Waals surface area contributed by atoms with Gasteiger partial charge in [-0.3, -0.25) is 9.59 Å². The van der Waals surface area contributed by atoms with Crippen molar-refractivity contribution in [1.82, 2.24) is 15.6 Å². The van der Waals surface area contributed by atoms with Gasteiger partial charge in [-0.1, -0.05) is 25.7 Å². The van der Waals surface area contributed by atoms with Crippen molar-refractivity contribution in [2.75, 3.05) is 18.1 Å². The molecule has 0 radical (unpaired) electrons. The highest BCUT2D eigenvalue weighted by atomic mass is 79.9. The number of aliphatic hydroxyl groups excluding tert-OH is 1. The summed E-state index contributed by atoms with van der Waals surface area (Å²) < 4.78 is 6.56. The number of carbonyl (C=O) groups excluding carboxylic acids is 2. The van der Waals surface area contributed by atoms with Crippen LogP contribution in [0.3, 0.4) is 0 Å². The summed E-state index contributed by atoms with van der Waals surface area (Å²) in [6.07, 6.45) is 7.93. The van der Waals surface area contributed by atoms with Gasteiger partial charge < -0.3 is 25.4 Å². The second kappa shape index (κ2) is 10.8. The van der Waals surface area contributed by atoms with Gasteiger partial charge in [-0.2, -0.15) is 0 Å². The van der Waals surface area contributed by atoms with Gasteiger partial charge in [-0.05, 0) is 59.3 Å². The van der Waals surface area contributed by atoms with Gasteiger partial charge in [0.2, 0.25) is 11.8 Å². The van der Waals surface area contributed by atoms with Gasteiger partial charge in [0, 0.05) is 15.5 Å². The number of thiophene rings is 1. The molecule has 2 fully saturated rings. The SMILES string of the molecule is O=C(N[C@@H](CC1CCCC1)C(=O)N[C@H]1CC[C@H]1O)c1ccc(CN2CCOc3ncc(Br)cc32)s1. The van der Waals surface area contributed by atoms with E-state index in [1.807, 2.05) is 18.2 Å². The monoisotopic (exact) mass is 562 g/mol. The van der Waals surface area contributed by atoms with E-state index in [1.165, 1.54) is 24.2 Å². The molecule has 1 aliphatic heterocycles. The normalized spacial score (nSPS) is 22.6. The van der Waals surface area contributed by atoms with Gasteiger partial charge in [0.05, 0.1) is 30.1 Å². The molecule has 3 atom stereocenters. The summed E-state index contributed by atoms with van der Waals surface area (Å²) in [5.41, 5.74) is 0.927. The van der Waals surface area contributed by atoms with E-state index in [9.17, 15) is 14.7 Å². The molecule has 3 N–H and O–H groups in total. The lowest BCUT2D eigenvalue weighted by molar-refractivity contribution is -0.126. The molecule has 0 spiro atoms. The van der Waals surface area contributed by atoms with Crippen molar-refractivity contribution in [1.29, 1.82) is 0 Å². The van der Waals surface area contributed by atoms with Gasteiger partial charge in [-0.25, -0.2) is 4.98 Å². The Morgan fingerprint density at radius 2 is 2.09 bits per heavy atom. The zero-order chi connectivity index (χ0) is 24.4. The highest BCUT2D eigenvalue weighted by Crippen LogP contribution is 2.34. The van der Waals surface area contributed by atoms with E-state index in [2.05, 4.69) is 36.4 Å². The summed E-state index contributed by atoms with van der Waals surface area (Å²) >= 11 is 4.92. The zero-order valence-corrected chi connectivity index (χ0v) is 21.9. The lowest BCUT2D eigenvalue weighted by atomic mass is 9.88. The van der Waals surface area contributed by atoms with Crippen molar-refractivity contribution in [3.63, 3.8) is 0 Å². The van der Waals surface area contributed by atoms with Crippen molar-refractivity contribution in [3.05, 3.63) is 38.6 Å². The van der Waals surface area contributed by atoms with E-state index < -0.39 is 12.1 Å². The highest BCUT2D eigenvalue weighted by molar-refractivity contribution is 9.10. The van der Waals surface area contributed by atoms with E-state index in [0.717, 1.165) is 40.8 Å². The number of hydrogen-bond acceptors (Lipinski definition) is 7. The molecule has 2 aromatic rings. The van der Waals surface area contributed by atoms with Crippen molar-refractivity contribution < 1.29 is 19.4 Å². The topological polar surface area (TPSA) is 104 Å². The molecule has 10 heteroatoms. The number of fused-ring (bicyclic) bond motifs is 1. The fourth-order valence-electron chi connectivity index (χ4n) is 5.04. The van der Waals surface area contributed by atoms with E-state index in [4.69, 9.17) is 4.74 Å². The van der Waals surface area contributed by atoms with Crippen LogP contribution in [0, 0.1) is 5.92 Å². The number of halogens is 1. The van der Waals surface area contributed by atoms with Crippen LogP contribution in [0.25, 0.3) is 0 Å². The lowest BCUT2D eigenvalue weighted by Crippen LogP contribution is -2.56. The molecule has 3 heterocycles. The minimum atomic E-state index is -0.585. The first-order chi connectivity index (χ1) is 17.0. The molecule has 0 unspecified atom stereocenters. The molecule has 0 bridgehead atoms. The molecular formula is C25H31BrN4O4S. The van der Waals surface area contributed by atoms with Crippen LogP contribution in [0.5, 0.6) is 5.88 Å². The maximum absolute atomic E-state index is 13.1. The number of nitrogens with one attached hydrogen (secondary N) is 2. The first-order valence-electron chi connectivity index (χ1n) is 12.4. The van der Waals surface area contributed by atoms with Crippen molar-refractivity contribution in [2.45, 2.75) is 69.7 Å². The van der Waals surface area contributed by atoms with E-state index in [0.29, 0.717) is 42.7 Å². The van der Waals surface area contributed by atoms with Gasteiger partial charge in [0.15, 0.2) is 0 Å². The molecule has 3 aliphatic rings. The third-order valence-corrected chi connectivity index (χ3v) is 8.71. The zero-order valence-electron chi connectivity index (χ0n) is 19.5. The van der Waals surface area contributed by atoms with Gasteiger partial charge in [-0.15, -0.1) is 11.3 Å². The second-order valence-corrected chi connectivity index (χ2v) is 11.8. The number of pyridine rings is 1. The largest absolute Gasteiger partial charge is 0.474 e. The quantitative estimate of drug-likeness (QED) is 0.454. The molecule has 5 rings (SSSR count). The minimum Gasteiger partial charge on any atom is -0.474 e. The summed E-state index contributed by atoms with van der Waals surface area (Å²) in [4.78, 5) is 34.3. The number of ether oxygens (including phenoxy) is 1. The van der Waals surface area contributed by atoms with E-state index in [-0.39, 0.29) is 17.9 Å². The van der Waals surface area contributed by atoms with Crippen molar-refractivity contribution in [2.24, 2.45) is 5.92 Å². The van der Waals surface area contributed by atoms with E-state index >= 15 is 0 Å². The van der Waals surface area contributed by atoms with Gasteiger partial charge >= 0.3 is 0 Å². The Hall–Kier alpha value is -2.17. The predicted octanol–water partition coefficient (Wildman–Crippen LogP) is 3.62. The fraction of sp³-hybridized carbons (Fsp3) is 0.560. The molecule has 35 heavy (non-hydrogen) atoms. The Morgan fingerprint density at radius 1 is 1.26 bits per heavy atom. The van der Waals surface area contributed by atoms with Crippen LogP contribution < -0.4 is 20.3 Å². The highest BCUT2D eigenvalue weighted by Gasteiger charge is 2.34. The molecule has 2 saturated carbocycles. The number of hydrogen-bond donors (Lipinski definition) is 3. The number of rotatable bonds is 8. The van der Waals surface area contributed by atoms with E-state index in [1.54, 1.807) is 6.20 Å². The third kappa shape index (κ3) is 5.81. The van der Waals surface area contributed by atoms with Gasteiger partial charge in [0.1, 0.15) is 18.3 Å². The molecule has 2 aromatic heterocycles. The summed E-state index contributed by atoms with van der Waals surface area (Å²) in [5.74, 6) is 0.658. The van der Waals surface area contributed by atoms with Crippen LogP contribution in [-0.4, -0.2) is 53.2 Å². The molecule has 2 aliphatic carbocycles. The summed E-state index contributed by atoms with van der Waals surface area (Å²) in [7, 11) is 0. The number of aliphatic hydroxyl groups is 1. The molecule has 188 valence electrons. The summed E-state index contributed by atoms with van der Waals surface area (Å²) in [6, 6.07) is 5.00. The third-order valence-electron chi connectivity index (χ3n) is 7.20. The smallest absolute Gasteiger partial charge is 0.262 e. The van der Waals surface area contributed by atoms with Crippen LogP contribution in [0.1, 0.15) is 59.5 Å². The molecular weight excluding hydrogens is 532 g/mol. The number of nitrogens with zero attached hydrogens (tertiary/aromatic N) is 2. The van der Waals surface area contributed by atoms with Crippen molar-refractivity contribution in [3.8, 4) is 5.88 Å². The molecule has 8 nitrogen and oxygen atoms in total. The number of anilines is 1. The van der Waals surface area contributed by atoms with Gasteiger partial charge in [0.25, 0.3) is 5.91 Å². The van der Waals surface area contributed by atoms with Crippen LogP contribution in [0.4, 0.5) is 5.69 Å².